The summed E-state index contributed by atoms with van der Waals surface area (Å²) in [6.07, 6.45) is 0. The molecule has 0 aliphatic carbocycles. The van der Waals surface area contributed by atoms with Gasteiger partial charge in [0.2, 0.25) is 0 Å². The monoisotopic (exact) mass is 404 g/mol. The SMILES string of the molecule is COC(=O)c1ccc(S(=O)(=O)Nc2ccccc2C(=O)N2CCOCC2)cc1. The maximum atomic E-state index is 12.8. The third-order valence-electron chi connectivity index (χ3n) is 4.29. The van der Waals surface area contributed by atoms with Crippen LogP contribution in [0.15, 0.2) is 53.4 Å². The van der Waals surface area contributed by atoms with Gasteiger partial charge in [-0.1, -0.05) is 12.1 Å². The van der Waals surface area contributed by atoms with E-state index in [1.807, 2.05) is 0 Å². The molecule has 148 valence electrons. The molecule has 1 aliphatic heterocycles. The van der Waals surface area contributed by atoms with Crippen molar-refractivity contribution in [3.05, 3.63) is 59.7 Å². The lowest BCUT2D eigenvalue weighted by Gasteiger charge is -2.27. The van der Waals surface area contributed by atoms with Gasteiger partial charge in [-0.2, -0.15) is 0 Å². The summed E-state index contributed by atoms with van der Waals surface area (Å²) in [5.74, 6) is -0.819. The summed E-state index contributed by atoms with van der Waals surface area (Å²) < 4.78 is 37.8. The summed E-state index contributed by atoms with van der Waals surface area (Å²) in [4.78, 5) is 25.9. The number of nitrogens with one attached hydrogen (secondary N) is 1. The standard InChI is InChI=1S/C19H20N2O6S/c1-26-19(23)14-6-8-15(9-7-14)28(24,25)20-17-5-3-2-4-16(17)18(22)21-10-12-27-13-11-21/h2-9,20H,10-13H2,1H3. The van der Waals surface area contributed by atoms with Gasteiger partial charge in [-0.25, -0.2) is 13.2 Å². The lowest BCUT2D eigenvalue weighted by atomic mass is 10.1. The number of sulfonamides is 1. The molecule has 28 heavy (non-hydrogen) atoms. The maximum absolute atomic E-state index is 12.8. The summed E-state index contributed by atoms with van der Waals surface area (Å²) in [6, 6.07) is 11.8. The predicted molar refractivity (Wildman–Crippen MR) is 102 cm³/mol. The second kappa shape index (κ2) is 8.41. The maximum Gasteiger partial charge on any atom is 0.337 e. The number of carbonyl (C=O) groups excluding carboxylic acids is 2. The number of carbonyl (C=O) groups is 2. The van der Waals surface area contributed by atoms with Crippen LogP contribution in [0.5, 0.6) is 0 Å². The molecule has 3 rings (SSSR count). The van der Waals surface area contributed by atoms with Crippen molar-refractivity contribution < 1.29 is 27.5 Å². The number of esters is 1. The third-order valence-corrected chi connectivity index (χ3v) is 5.67. The number of amides is 1. The lowest BCUT2D eigenvalue weighted by molar-refractivity contribution is 0.0303. The first-order valence-corrected chi connectivity index (χ1v) is 10.1. The lowest BCUT2D eigenvalue weighted by Crippen LogP contribution is -2.41. The minimum Gasteiger partial charge on any atom is -0.465 e. The van der Waals surface area contributed by atoms with E-state index in [-0.39, 0.29) is 27.6 Å². The Labute approximate surface area is 163 Å². The van der Waals surface area contributed by atoms with E-state index in [1.54, 1.807) is 23.1 Å². The summed E-state index contributed by atoms with van der Waals surface area (Å²) in [5.41, 5.74) is 0.694. The zero-order valence-corrected chi connectivity index (χ0v) is 16.1. The van der Waals surface area contributed by atoms with Crippen LogP contribution in [0, 0.1) is 0 Å². The van der Waals surface area contributed by atoms with Gasteiger partial charge in [-0.05, 0) is 36.4 Å². The molecule has 2 aromatic rings. The van der Waals surface area contributed by atoms with Crippen LogP contribution in [0.1, 0.15) is 20.7 Å². The van der Waals surface area contributed by atoms with Gasteiger partial charge in [0, 0.05) is 13.1 Å². The molecule has 1 aliphatic rings. The topological polar surface area (TPSA) is 102 Å². The molecule has 2 aromatic carbocycles. The first-order chi connectivity index (χ1) is 13.4. The van der Waals surface area contributed by atoms with Crippen molar-refractivity contribution in [3.63, 3.8) is 0 Å². The average Bonchev–Trinajstić information content (AvgIpc) is 2.73. The van der Waals surface area contributed by atoms with Crippen molar-refractivity contribution in [2.24, 2.45) is 0 Å². The molecule has 0 saturated carbocycles. The summed E-state index contributed by atoms with van der Waals surface area (Å²) in [7, 11) is -2.70. The van der Waals surface area contributed by atoms with Crippen LogP contribution >= 0.6 is 0 Å². The van der Waals surface area contributed by atoms with E-state index in [1.165, 1.54) is 37.4 Å². The van der Waals surface area contributed by atoms with Gasteiger partial charge in [-0.15, -0.1) is 0 Å². The smallest absolute Gasteiger partial charge is 0.337 e. The predicted octanol–water partition coefficient (Wildman–Crippen LogP) is 1.75. The van der Waals surface area contributed by atoms with Crippen LogP contribution in [0.25, 0.3) is 0 Å². The molecule has 0 aromatic heterocycles. The molecule has 8 nitrogen and oxygen atoms in total. The van der Waals surface area contributed by atoms with E-state index >= 15 is 0 Å². The Morgan fingerprint density at radius 2 is 1.68 bits per heavy atom. The molecule has 1 fully saturated rings. The second-order valence-electron chi connectivity index (χ2n) is 6.07. The van der Waals surface area contributed by atoms with Crippen molar-refractivity contribution in [1.82, 2.24) is 4.90 Å². The Bertz CT molecular complexity index is 966. The number of benzene rings is 2. The van der Waals surface area contributed by atoms with E-state index in [9.17, 15) is 18.0 Å². The Hall–Kier alpha value is -2.91. The molecule has 0 atom stereocenters. The van der Waals surface area contributed by atoms with Gasteiger partial charge < -0.3 is 14.4 Å². The van der Waals surface area contributed by atoms with Crippen molar-refractivity contribution in [3.8, 4) is 0 Å². The highest BCUT2D eigenvalue weighted by Crippen LogP contribution is 2.22. The quantitative estimate of drug-likeness (QED) is 0.762. The highest BCUT2D eigenvalue weighted by atomic mass is 32.2. The first kappa shape index (κ1) is 19.8. The van der Waals surface area contributed by atoms with Crippen LogP contribution in [0.2, 0.25) is 0 Å². The molecule has 0 unspecified atom stereocenters. The molecule has 0 spiro atoms. The average molecular weight is 404 g/mol. The molecule has 0 bridgehead atoms. The van der Waals surface area contributed by atoms with Crippen LogP contribution in [-0.4, -0.2) is 58.6 Å². The third kappa shape index (κ3) is 4.32. The minimum absolute atomic E-state index is 0.0335. The fraction of sp³-hybridized carbons (Fsp3) is 0.263. The highest BCUT2D eigenvalue weighted by Gasteiger charge is 2.23. The van der Waals surface area contributed by atoms with Crippen LogP contribution in [0.4, 0.5) is 5.69 Å². The number of rotatable bonds is 5. The summed E-state index contributed by atoms with van der Waals surface area (Å²) in [5, 5.41) is 0. The fourth-order valence-electron chi connectivity index (χ4n) is 2.79. The number of methoxy groups -OCH3 is 1. The van der Waals surface area contributed by atoms with E-state index in [4.69, 9.17) is 4.74 Å². The normalized spacial score (nSPS) is 14.4. The second-order valence-corrected chi connectivity index (χ2v) is 7.75. The van der Waals surface area contributed by atoms with Gasteiger partial charge in [0.15, 0.2) is 0 Å². The number of hydrogen-bond acceptors (Lipinski definition) is 6. The van der Waals surface area contributed by atoms with Crippen molar-refractivity contribution >= 4 is 27.6 Å². The number of hydrogen-bond donors (Lipinski definition) is 1. The van der Waals surface area contributed by atoms with Gasteiger partial charge in [-0.3, -0.25) is 9.52 Å². The number of anilines is 1. The highest BCUT2D eigenvalue weighted by molar-refractivity contribution is 7.92. The zero-order chi connectivity index (χ0) is 20.1. The Morgan fingerprint density at radius 1 is 1.04 bits per heavy atom. The van der Waals surface area contributed by atoms with Crippen LogP contribution in [0.3, 0.4) is 0 Å². The summed E-state index contributed by atoms with van der Waals surface area (Å²) >= 11 is 0. The van der Waals surface area contributed by atoms with Gasteiger partial charge in [0.05, 0.1) is 42.0 Å². The minimum atomic E-state index is -3.95. The number of para-hydroxylation sites is 1. The number of ether oxygens (including phenoxy) is 2. The van der Waals surface area contributed by atoms with Crippen LogP contribution < -0.4 is 4.72 Å². The molecular weight excluding hydrogens is 384 g/mol. The van der Waals surface area contributed by atoms with Crippen molar-refractivity contribution in [1.29, 1.82) is 0 Å². The van der Waals surface area contributed by atoms with Crippen molar-refractivity contribution in [2.75, 3.05) is 38.1 Å². The largest absolute Gasteiger partial charge is 0.465 e. The van der Waals surface area contributed by atoms with E-state index < -0.39 is 16.0 Å². The van der Waals surface area contributed by atoms with Gasteiger partial charge in [0.1, 0.15) is 0 Å². The zero-order valence-electron chi connectivity index (χ0n) is 15.3. The van der Waals surface area contributed by atoms with Gasteiger partial charge >= 0.3 is 5.97 Å². The first-order valence-electron chi connectivity index (χ1n) is 8.59. The molecular formula is C19H20N2O6S. The van der Waals surface area contributed by atoms with Crippen molar-refractivity contribution in [2.45, 2.75) is 4.90 Å². The van der Waals surface area contributed by atoms with Crippen LogP contribution in [-0.2, 0) is 19.5 Å². The molecule has 1 saturated heterocycles. The Kier molecular flexibility index (Phi) is 5.96. The van der Waals surface area contributed by atoms with Gasteiger partial charge in [0.25, 0.3) is 15.9 Å². The molecule has 1 amide bonds. The number of morpholine rings is 1. The molecule has 1 N–H and O–H groups in total. The molecule has 0 radical (unpaired) electrons. The Balaban J connectivity index is 1.84. The number of nitrogens with zero attached hydrogens (tertiary/aromatic N) is 1. The summed E-state index contributed by atoms with van der Waals surface area (Å²) in [6.45, 7) is 1.81. The van der Waals surface area contributed by atoms with E-state index in [0.29, 0.717) is 26.3 Å². The molecule has 1 heterocycles. The molecule has 9 heteroatoms. The van der Waals surface area contributed by atoms with E-state index in [0.717, 1.165) is 0 Å². The fourth-order valence-corrected chi connectivity index (χ4v) is 3.87. The van der Waals surface area contributed by atoms with E-state index in [2.05, 4.69) is 9.46 Å². The Morgan fingerprint density at radius 3 is 2.32 bits per heavy atom.